The molecule has 1 aromatic rings. The predicted molar refractivity (Wildman–Crippen MR) is 69.3 cm³/mol. The van der Waals surface area contributed by atoms with Gasteiger partial charge in [0.1, 0.15) is 11.6 Å². The van der Waals surface area contributed by atoms with Crippen LogP contribution in [0.2, 0.25) is 0 Å². The first kappa shape index (κ1) is 14.0. The van der Waals surface area contributed by atoms with Gasteiger partial charge in [0, 0.05) is 18.2 Å². The van der Waals surface area contributed by atoms with Crippen LogP contribution in [0.5, 0.6) is 0 Å². The van der Waals surface area contributed by atoms with Gasteiger partial charge in [0.05, 0.1) is 11.6 Å². The summed E-state index contributed by atoms with van der Waals surface area (Å²) in [6.45, 7) is 2.23. The van der Waals surface area contributed by atoms with E-state index < -0.39 is 11.6 Å². The monoisotopic (exact) mass is 264 g/mol. The molecule has 1 aliphatic rings. The molecule has 0 spiro atoms. The molecule has 2 rings (SSSR count). The maximum absolute atomic E-state index is 13.7. The Bertz CT molecular complexity index is 464. The maximum atomic E-state index is 13.7. The molecule has 4 heteroatoms. The number of halogens is 2. The largest absolute Gasteiger partial charge is 0.310 e. The van der Waals surface area contributed by atoms with Crippen molar-refractivity contribution in [2.24, 2.45) is 5.92 Å². The number of nitriles is 1. The first-order chi connectivity index (χ1) is 9.11. The molecule has 0 heterocycles. The summed E-state index contributed by atoms with van der Waals surface area (Å²) in [5, 5.41) is 11.8. The van der Waals surface area contributed by atoms with Crippen LogP contribution < -0.4 is 5.32 Å². The normalized spacial score (nSPS) is 17.4. The number of hydrogen-bond acceptors (Lipinski definition) is 2. The van der Waals surface area contributed by atoms with Crippen LogP contribution in [0.15, 0.2) is 12.1 Å². The standard InChI is InChI=1S/C15H18F2N2/c1-10(12-4-2-3-5-12)19-9-13-14(16)6-11(8-18)7-15(13)17/h6-7,10,12,19H,2-5,9H2,1H3/t10-/m0/s1. The minimum absolute atomic E-state index is 0.0163. The van der Waals surface area contributed by atoms with Gasteiger partial charge in [0.15, 0.2) is 0 Å². The second-order valence-electron chi connectivity index (χ2n) is 5.24. The second-order valence-corrected chi connectivity index (χ2v) is 5.24. The highest BCUT2D eigenvalue weighted by molar-refractivity contribution is 5.34. The zero-order valence-electron chi connectivity index (χ0n) is 11.0. The van der Waals surface area contributed by atoms with Crippen LogP contribution in [0.3, 0.4) is 0 Å². The summed E-state index contributed by atoms with van der Waals surface area (Å²) in [6, 6.07) is 4.17. The van der Waals surface area contributed by atoms with Gasteiger partial charge in [-0.15, -0.1) is 0 Å². The average molecular weight is 264 g/mol. The third-order valence-electron chi connectivity index (χ3n) is 3.98. The Morgan fingerprint density at radius 3 is 2.42 bits per heavy atom. The lowest BCUT2D eigenvalue weighted by Crippen LogP contribution is -2.32. The predicted octanol–water partition coefficient (Wildman–Crippen LogP) is 3.50. The third kappa shape index (κ3) is 3.30. The van der Waals surface area contributed by atoms with Crippen molar-refractivity contribution >= 4 is 0 Å². The Morgan fingerprint density at radius 1 is 1.32 bits per heavy atom. The Morgan fingerprint density at radius 2 is 1.89 bits per heavy atom. The fourth-order valence-electron chi connectivity index (χ4n) is 2.72. The van der Waals surface area contributed by atoms with Crippen molar-refractivity contribution < 1.29 is 8.78 Å². The summed E-state index contributed by atoms with van der Waals surface area (Å²) in [5.41, 5.74) is 0.0337. The second kappa shape index (κ2) is 6.12. The molecule has 1 saturated carbocycles. The first-order valence-corrected chi connectivity index (χ1v) is 6.73. The first-order valence-electron chi connectivity index (χ1n) is 6.73. The van der Waals surface area contributed by atoms with E-state index in [9.17, 15) is 8.78 Å². The van der Waals surface area contributed by atoms with Crippen LogP contribution in [0.4, 0.5) is 8.78 Å². The molecule has 0 aliphatic heterocycles. The Hall–Kier alpha value is -1.47. The molecule has 0 saturated heterocycles. The number of hydrogen-bond donors (Lipinski definition) is 1. The molecule has 0 amide bonds. The van der Waals surface area contributed by atoms with E-state index in [-0.39, 0.29) is 23.7 Å². The molecular formula is C15H18F2N2. The lowest BCUT2D eigenvalue weighted by Gasteiger charge is -2.20. The van der Waals surface area contributed by atoms with E-state index in [2.05, 4.69) is 12.2 Å². The number of nitrogens with zero attached hydrogens (tertiary/aromatic N) is 1. The van der Waals surface area contributed by atoms with E-state index in [1.165, 1.54) is 25.7 Å². The molecular weight excluding hydrogens is 246 g/mol. The van der Waals surface area contributed by atoms with Gasteiger partial charge in [0.2, 0.25) is 0 Å². The summed E-state index contributed by atoms with van der Waals surface area (Å²) < 4.78 is 27.4. The number of benzene rings is 1. The number of nitrogens with one attached hydrogen (secondary N) is 1. The van der Waals surface area contributed by atoms with Crippen molar-refractivity contribution in [2.45, 2.75) is 45.2 Å². The smallest absolute Gasteiger partial charge is 0.131 e. The molecule has 102 valence electrons. The highest BCUT2D eigenvalue weighted by Crippen LogP contribution is 2.27. The SMILES string of the molecule is C[C@H](NCc1c(F)cc(C#N)cc1F)C1CCCC1. The molecule has 0 aromatic heterocycles. The van der Waals surface area contributed by atoms with Crippen LogP contribution in [0.1, 0.15) is 43.7 Å². The summed E-state index contributed by atoms with van der Waals surface area (Å²) in [7, 11) is 0. The molecule has 0 unspecified atom stereocenters. The van der Waals surface area contributed by atoms with E-state index in [1.807, 2.05) is 0 Å². The van der Waals surface area contributed by atoms with Crippen molar-refractivity contribution in [3.05, 3.63) is 34.9 Å². The van der Waals surface area contributed by atoms with Gasteiger partial charge in [-0.05, 0) is 37.8 Å². The summed E-state index contributed by atoms with van der Waals surface area (Å²) >= 11 is 0. The van der Waals surface area contributed by atoms with Crippen LogP contribution in [0, 0.1) is 28.9 Å². The molecule has 1 atom stereocenters. The lowest BCUT2D eigenvalue weighted by molar-refractivity contribution is 0.374. The van der Waals surface area contributed by atoms with Crippen molar-refractivity contribution in [1.82, 2.24) is 5.32 Å². The van der Waals surface area contributed by atoms with Gasteiger partial charge in [-0.1, -0.05) is 12.8 Å². The fraction of sp³-hybridized carbons (Fsp3) is 0.533. The van der Waals surface area contributed by atoms with E-state index in [0.29, 0.717) is 5.92 Å². The average Bonchev–Trinajstić information content (AvgIpc) is 2.91. The van der Waals surface area contributed by atoms with Gasteiger partial charge in [-0.2, -0.15) is 5.26 Å². The molecule has 0 radical (unpaired) electrons. The maximum Gasteiger partial charge on any atom is 0.131 e. The molecule has 19 heavy (non-hydrogen) atoms. The highest BCUT2D eigenvalue weighted by atomic mass is 19.1. The molecule has 1 aromatic carbocycles. The van der Waals surface area contributed by atoms with Crippen LogP contribution in [0.25, 0.3) is 0 Å². The molecule has 1 fully saturated rings. The van der Waals surface area contributed by atoms with E-state index in [0.717, 1.165) is 12.1 Å². The lowest BCUT2D eigenvalue weighted by atomic mass is 9.99. The molecule has 1 aliphatic carbocycles. The minimum Gasteiger partial charge on any atom is -0.310 e. The van der Waals surface area contributed by atoms with Crippen molar-refractivity contribution in [2.75, 3.05) is 0 Å². The van der Waals surface area contributed by atoms with Crippen molar-refractivity contribution in [3.63, 3.8) is 0 Å². The van der Waals surface area contributed by atoms with E-state index >= 15 is 0 Å². The highest BCUT2D eigenvalue weighted by Gasteiger charge is 2.21. The number of rotatable bonds is 4. The summed E-state index contributed by atoms with van der Waals surface area (Å²) in [5.74, 6) is -0.699. The van der Waals surface area contributed by atoms with Gasteiger partial charge in [0.25, 0.3) is 0 Å². The topological polar surface area (TPSA) is 35.8 Å². The van der Waals surface area contributed by atoms with Crippen molar-refractivity contribution in [3.8, 4) is 6.07 Å². The minimum atomic E-state index is -0.650. The fourth-order valence-corrected chi connectivity index (χ4v) is 2.72. The Kier molecular flexibility index (Phi) is 4.49. The Labute approximate surface area is 112 Å². The Balaban J connectivity index is 2.01. The third-order valence-corrected chi connectivity index (χ3v) is 3.98. The van der Waals surface area contributed by atoms with E-state index in [4.69, 9.17) is 5.26 Å². The zero-order chi connectivity index (χ0) is 13.8. The van der Waals surface area contributed by atoms with Gasteiger partial charge < -0.3 is 5.32 Å². The van der Waals surface area contributed by atoms with Crippen LogP contribution in [-0.4, -0.2) is 6.04 Å². The molecule has 0 bridgehead atoms. The molecule has 2 nitrogen and oxygen atoms in total. The zero-order valence-corrected chi connectivity index (χ0v) is 11.0. The summed E-state index contributed by atoms with van der Waals surface area (Å²) in [4.78, 5) is 0. The van der Waals surface area contributed by atoms with E-state index in [1.54, 1.807) is 6.07 Å². The quantitative estimate of drug-likeness (QED) is 0.903. The summed E-state index contributed by atoms with van der Waals surface area (Å²) in [6.07, 6.45) is 4.87. The van der Waals surface area contributed by atoms with Gasteiger partial charge in [-0.25, -0.2) is 8.78 Å². The van der Waals surface area contributed by atoms with Gasteiger partial charge in [-0.3, -0.25) is 0 Å². The van der Waals surface area contributed by atoms with Crippen LogP contribution in [-0.2, 0) is 6.54 Å². The van der Waals surface area contributed by atoms with Crippen molar-refractivity contribution in [1.29, 1.82) is 5.26 Å². The van der Waals surface area contributed by atoms with Gasteiger partial charge >= 0.3 is 0 Å². The molecule has 1 N–H and O–H groups in total. The van der Waals surface area contributed by atoms with Crippen LogP contribution >= 0.6 is 0 Å².